The molecule has 164 valence electrons. The Morgan fingerprint density at radius 2 is 1.84 bits per heavy atom. The van der Waals surface area contributed by atoms with E-state index in [4.69, 9.17) is 11.6 Å². The second-order valence-electron chi connectivity index (χ2n) is 9.18. The lowest BCUT2D eigenvalue weighted by atomic mass is 9.49. The summed E-state index contributed by atoms with van der Waals surface area (Å²) in [5.74, 6) is 0.425. The lowest BCUT2D eigenvalue weighted by Gasteiger charge is -2.59. The van der Waals surface area contributed by atoms with Gasteiger partial charge in [-0.05, 0) is 80.7 Å². The molecule has 2 saturated carbocycles. The van der Waals surface area contributed by atoms with Crippen LogP contribution < -0.4 is 16.0 Å². The number of aryl methyl sites for hydroxylation is 1. The van der Waals surface area contributed by atoms with E-state index >= 15 is 0 Å². The minimum absolute atomic E-state index is 0.0635. The molecule has 2 aliphatic carbocycles. The number of carbonyl (C=O) groups excluding carboxylic acids is 2. The van der Waals surface area contributed by atoms with Gasteiger partial charge in [-0.3, -0.25) is 9.78 Å². The van der Waals surface area contributed by atoms with Gasteiger partial charge in [0.1, 0.15) is 0 Å². The Morgan fingerprint density at radius 3 is 2.48 bits per heavy atom. The monoisotopic (exact) mass is 440 g/mol. The number of hydrogen-bond donors (Lipinski definition) is 3. The molecule has 1 spiro atoms. The number of pyridine rings is 1. The molecule has 4 rings (SSSR count). The van der Waals surface area contributed by atoms with Crippen LogP contribution in [0, 0.1) is 18.3 Å². The second kappa shape index (κ2) is 8.87. The summed E-state index contributed by atoms with van der Waals surface area (Å²) in [7, 11) is 0. The van der Waals surface area contributed by atoms with Gasteiger partial charge in [0.25, 0.3) is 5.91 Å². The molecule has 31 heavy (non-hydrogen) atoms. The van der Waals surface area contributed by atoms with E-state index in [-0.39, 0.29) is 24.0 Å². The minimum Gasteiger partial charge on any atom is -0.349 e. The van der Waals surface area contributed by atoms with Crippen molar-refractivity contribution in [3.8, 4) is 0 Å². The number of halogens is 1. The van der Waals surface area contributed by atoms with Gasteiger partial charge in [-0.2, -0.15) is 0 Å². The zero-order valence-corrected chi connectivity index (χ0v) is 18.7. The molecule has 7 heteroatoms. The molecule has 6 nitrogen and oxygen atoms in total. The van der Waals surface area contributed by atoms with Crippen molar-refractivity contribution < 1.29 is 9.59 Å². The molecule has 0 radical (unpaired) electrons. The lowest BCUT2D eigenvalue weighted by molar-refractivity contribution is -0.0560. The van der Waals surface area contributed by atoms with E-state index in [0.29, 0.717) is 28.5 Å². The van der Waals surface area contributed by atoms with Crippen molar-refractivity contribution >= 4 is 23.5 Å². The van der Waals surface area contributed by atoms with E-state index in [0.717, 1.165) is 36.9 Å². The topological polar surface area (TPSA) is 83.1 Å². The van der Waals surface area contributed by atoms with Gasteiger partial charge in [-0.15, -0.1) is 0 Å². The Labute approximate surface area is 188 Å². The molecule has 1 aromatic heterocycles. The molecule has 0 saturated heterocycles. The zero-order chi connectivity index (χ0) is 22.0. The first-order valence-corrected chi connectivity index (χ1v) is 11.2. The van der Waals surface area contributed by atoms with Crippen LogP contribution in [0.15, 0.2) is 42.6 Å². The van der Waals surface area contributed by atoms with Crippen LogP contribution in [0.3, 0.4) is 0 Å². The highest BCUT2D eigenvalue weighted by Crippen LogP contribution is 2.59. The highest BCUT2D eigenvalue weighted by molar-refractivity contribution is 6.30. The van der Waals surface area contributed by atoms with Gasteiger partial charge in [0.2, 0.25) is 0 Å². The number of aromatic nitrogens is 1. The van der Waals surface area contributed by atoms with E-state index in [1.807, 2.05) is 43.3 Å². The number of benzene rings is 1. The zero-order valence-electron chi connectivity index (χ0n) is 18.0. The van der Waals surface area contributed by atoms with Crippen molar-refractivity contribution in [1.82, 2.24) is 20.9 Å². The fourth-order valence-electron chi connectivity index (χ4n) is 4.86. The normalized spacial score (nSPS) is 25.1. The average Bonchev–Trinajstić information content (AvgIpc) is 2.68. The van der Waals surface area contributed by atoms with Crippen LogP contribution in [0.2, 0.25) is 5.02 Å². The molecule has 1 atom stereocenters. The van der Waals surface area contributed by atoms with Crippen LogP contribution in [-0.4, -0.2) is 29.0 Å². The Balaban J connectivity index is 1.14. The van der Waals surface area contributed by atoms with E-state index in [1.54, 1.807) is 6.20 Å². The van der Waals surface area contributed by atoms with Crippen LogP contribution in [-0.2, 0) is 6.54 Å². The minimum atomic E-state index is -0.127. The summed E-state index contributed by atoms with van der Waals surface area (Å²) in [6.45, 7) is 4.47. The number of nitrogens with zero attached hydrogens (tertiary/aromatic N) is 1. The van der Waals surface area contributed by atoms with Crippen molar-refractivity contribution in [2.45, 2.75) is 58.2 Å². The molecular formula is C24H29ClN4O2. The summed E-state index contributed by atoms with van der Waals surface area (Å²) in [5.41, 5.74) is 2.86. The third-order valence-electron chi connectivity index (χ3n) is 6.69. The Hall–Kier alpha value is -2.60. The molecule has 0 bridgehead atoms. The van der Waals surface area contributed by atoms with Gasteiger partial charge in [0.15, 0.2) is 0 Å². The SMILES string of the molecule is Cc1ccc(C(=O)NC(C)C2CC3(CC(NC(=O)NCc4ccc(Cl)cc4)C3)C2)cn1. The molecule has 1 unspecified atom stereocenters. The smallest absolute Gasteiger partial charge is 0.315 e. The number of nitrogens with one attached hydrogen (secondary N) is 3. The largest absolute Gasteiger partial charge is 0.349 e. The fraction of sp³-hybridized carbons (Fsp3) is 0.458. The highest BCUT2D eigenvalue weighted by atomic mass is 35.5. The van der Waals surface area contributed by atoms with Crippen molar-refractivity contribution in [3.05, 3.63) is 64.4 Å². The molecule has 2 aliphatic rings. The summed E-state index contributed by atoms with van der Waals surface area (Å²) in [6.07, 6.45) is 5.86. The van der Waals surface area contributed by atoms with Crippen LogP contribution in [0.1, 0.15) is 54.2 Å². The van der Waals surface area contributed by atoms with Gasteiger partial charge in [-0.1, -0.05) is 23.7 Å². The molecule has 1 aromatic carbocycles. The summed E-state index contributed by atoms with van der Waals surface area (Å²) in [6, 6.07) is 11.4. The molecule has 1 heterocycles. The van der Waals surface area contributed by atoms with E-state index in [1.165, 1.54) is 0 Å². The summed E-state index contributed by atoms with van der Waals surface area (Å²) >= 11 is 5.88. The maximum atomic E-state index is 12.4. The molecule has 3 N–H and O–H groups in total. The van der Waals surface area contributed by atoms with Gasteiger partial charge in [0.05, 0.1) is 5.56 Å². The molecule has 2 aromatic rings. The first-order valence-electron chi connectivity index (χ1n) is 10.8. The predicted molar refractivity (Wildman–Crippen MR) is 121 cm³/mol. The van der Waals surface area contributed by atoms with E-state index in [2.05, 4.69) is 27.9 Å². The quantitative estimate of drug-likeness (QED) is 0.628. The number of rotatable bonds is 6. The summed E-state index contributed by atoms with van der Waals surface area (Å²) in [4.78, 5) is 28.7. The number of carbonyl (C=O) groups is 2. The Kier molecular flexibility index (Phi) is 6.19. The average molecular weight is 441 g/mol. The maximum Gasteiger partial charge on any atom is 0.315 e. The van der Waals surface area contributed by atoms with Crippen molar-refractivity contribution in [2.75, 3.05) is 0 Å². The van der Waals surface area contributed by atoms with Crippen LogP contribution in [0.25, 0.3) is 0 Å². The van der Waals surface area contributed by atoms with Gasteiger partial charge in [-0.25, -0.2) is 4.79 Å². The molecule has 0 aliphatic heterocycles. The van der Waals surface area contributed by atoms with E-state index < -0.39 is 0 Å². The van der Waals surface area contributed by atoms with Crippen molar-refractivity contribution in [2.24, 2.45) is 11.3 Å². The Bertz CT molecular complexity index is 931. The van der Waals surface area contributed by atoms with Gasteiger partial charge in [0, 0.05) is 35.5 Å². The molecular weight excluding hydrogens is 412 g/mol. The first-order chi connectivity index (χ1) is 14.8. The van der Waals surface area contributed by atoms with Crippen molar-refractivity contribution in [1.29, 1.82) is 0 Å². The maximum absolute atomic E-state index is 12.4. The molecule has 2 fully saturated rings. The standard InChI is InChI=1S/C24H29ClN4O2/c1-15-3-6-18(14-26-15)22(30)28-16(2)19-9-24(10-19)11-21(12-24)29-23(31)27-13-17-4-7-20(25)8-5-17/h3-8,14,16,19,21H,9-13H2,1-2H3,(H,28,30)(H2,27,29,31). The molecule has 3 amide bonds. The fourth-order valence-corrected chi connectivity index (χ4v) is 4.98. The Morgan fingerprint density at radius 1 is 1.13 bits per heavy atom. The highest BCUT2D eigenvalue weighted by Gasteiger charge is 2.54. The van der Waals surface area contributed by atoms with Gasteiger partial charge >= 0.3 is 6.03 Å². The van der Waals surface area contributed by atoms with Crippen LogP contribution in [0.4, 0.5) is 4.79 Å². The first kappa shape index (κ1) is 21.6. The number of urea groups is 1. The third kappa shape index (κ3) is 5.18. The van der Waals surface area contributed by atoms with Crippen LogP contribution in [0.5, 0.6) is 0 Å². The third-order valence-corrected chi connectivity index (χ3v) is 6.94. The number of amides is 3. The van der Waals surface area contributed by atoms with E-state index in [9.17, 15) is 9.59 Å². The number of hydrogen-bond acceptors (Lipinski definition) is 3. The predicted octanol–water partition coefficient (Wildman–Crippen LogP) is 4.22. The second-order valence-corrected chi connectivity index (χ2v) is 9.61. The van der Waals surface area contributed by atoms with Crippen molar-refractivity contribution in [3.63, 3.8) is 0 Å². The summed E-state index contributed by atoms with van der Waals surface area (Å²) < 4.78 is 0. The van der Waals surface area contributed by atoms with Crippen LogP contribution >= 0.6 is 11.6 Å². The summed E-state index contributed by atoms with van der Waals surface area (Å²) in [5, 5.41) is 9.78. The van der Waals surface area contributed by atoms with Gasteiger partial charge < -0.3 is 16.0 Å². The lowest BCUT2D eigenvalue weighted by Crippen LogP contribution is -2.60.